The first-order chi connectivity index (χ1) is 20.7. The molecule has 16 heteroatoms. The van der Waals surface area contributed by atoms with Crippen molar-refractivity contribution < 1.29 is 29.5 Å². The van der Waals surface area contributed by atoms with E-state index in [0.29, 0.717) is 0 Å². The summed E-state index contributed by atoms with van der Waals surface area (Å²) in [6, 6.07) is 19.8. The van der Waals surface area contributed by atoms with Gasteiger partial charge in [0.05, 0.1) is 0 Å². The van der Waals surface area contributed by atoms with Crippen LogP contribution in [0, 0.1) is 40.5 Å². The molecule has 0 aliphatic rings. The second kappa shape index (κ2) is 11.8. The molecule has 0 saturated heterocycles. The first-order valence-electron chi connectivity index (χ1n) is 12.8. The Morgan fingerprint density at radius 2 is 0.705 bits per heavy atom. The van der Waals surface area contributed by atoms with Crippen molar-refractivity contribution in [1.29, 1.82) is 0 Å². The molecule has 0 radical (unpaired) electrons. The van der Waals surface area contributed by atoms with Gasteiger partial charge in [-0.15, -0.1) is 0 Å². The van der Waals surface area contributed by atoms with Crippen LogP contribution >= 0.6 is 7.21 Å². The maximum absolute atomic E-state index is 13.2. The molecule has 2 N–H and O–H groups in total. The molecule has 0 amide bonds. The maximum atomic E-state index is 13.2. The van der Waals surface area contributed by atoms with Gasteiger partial charge in [0.1, 0.15) is 0 Å². The fourth-order valence-corrected chi connectivity index (χ4v) is 9.78. The molecule has 0 aliphatic heterocycles. The molecule has 0 bridgehead atoms. The van der Waals surface area contributed by atoms with Crippen LogP contribution in [0.5, 0.6) is 0 Å². The molecule has 0 atom stereocenters. The monoisotopic (exact) mass is 623 g/mol. The van der Waals surface area contributed by atoms with Gasteiger partial charge in [-0.2, -0.15) is 0 Å². The normalized spacial score (nSPS) is 12.6. The van der Waals surface area contributed by atoms with Crippen LogP contribution in [0.3, 0.4) is 0 Å². The van der Waals surface area contributed by atoms with E-state index in [-0.39, 0.29) is 22.3 Å². The minimum absolute atomic E-state index is 0.356. The summed E-state index contributed by atoms with van der Waals surface area (Å²) in [5, 5.41) is 49.2. The van der Waals surface area contributed by atoms with Gasteiger partial charge in [0.2, 0.25) is 0 Å². The Labute approximate surface area is 249 Å². The van der Waals surface area contributed by atoms with Crippen LogP contribution in [0.2, 0.25) is 0 Å². The molecule has 228 valence electrons. The molecule has 0 spiro atoms. The molecule has 44 heavy (non-hydrogen) atoms. The zero-order chi connectivity index (χ0) is 32.4. The third-order valence-corrected chi connectivity index (χ3v) is 12.3. The average molecular weight is 624 g/mol. The Hall–Kier alpha value is -5.21. The summed E-state index contributed by atoms with van der Waals surface area (Å²) >= 11 is 0. The quantitative estimate of drug-likeness (QED) is 0.111. The number of nitro groups is 4. The molecule has 4 aromatic rings. The van der Waals surface area contributed by atoms with Crippen molar-refractivity contribution in [2.75, 3.05) is 14.1 Å². The fourth-order valence-electron chi connectivity index (χ4n) is 5.55. The Kier molecular flexibility index (Phi) is 8.52. The molecule has 4 rings (SSSR count). The third kappa shape index (κ3) is 5.24. The van der Waals surface area contributed by atoms with E-state index in [2.05, 4.69) is 0 Å². The Bertz CT molecular complexity index is 1560. The van der Waals surface area contributed by atoms with Crippen molar-refractivity contribution in [3.05, 3.63) is 160 Å². The van der Waals surface area contributed by atoms with Gasteiger partial charge in [0, 0.05) is 0 Å². The Morgan fingerprint density at radius 1 is 0.500 bits per heavy atom. The van der Waals surface area contributed by atoms with Crippen LogP contribution in [0.1, 0.15) is 33.6 Å². The van der Waals surface area contributed by atoms with E-state index < -0.39 is 61.0 Å². The standard InChI is InChI=1S/C28H26N5O10P/c1-29(2)44(42,43,27(19-11-3-7-15-23(19)30(34)35)20-12-4-8-16-24(20)31(36)37)28(21-13-5-9-17-25(21)32(38)39)22-14-6-10-18-26(22)33(40)41/h3-18,27-28,42-43H,1-2H3. The summed E-state index contributed by atoms with van der Waals surface area (Å²) in [5.74, 6) is 0. The summed E-state index contributed by atoms with van der Waals surface area (Å²) in [5.41, 5.74) is -7.95. The van der Waals surface area contributed by atoms with Crippen molar-refractivity contribution in [3.8, 4) is 0 Å². The van der Waals surface area contributed by atoms with E-state index in [1.807, 2.05) is 0 Å². The summed E-state index contributed by atoms with van der Waals surface area (Å²) in [6.45, 7) is 0. The van der Waals surface area contributed by atoms with Gasteiger partial charge in [0.15, 0.2) is 0 Å². The first-order valence-corrected chi connectivity index (χ1v) is 15.1. The number of hydrogen-bond acceptors (Lipinski definition) is 11. The van der Waals surface area contributed by atoms with E-state index in [1.165, 1.54) is 86.9 Å². The van der Waals surface area contributed by atoms with E-state index >= 15 is 0 Å². The van der Waals surface area contributed by atoms with E-state index in [4.69, 9.17) is 0 Å². The van der Waals surface area contributed by atoms with Gasteiger partial charge >= 0.3 is 249 Å². The van der Waals surface area contributed by atoms with Gasteiger partial charge < -0.3 is 0 Å². The number of rotatable bonds is 11. The number of nitrogens with zero attached hydrogens (tertiary/aromatic N) is 5. The second-order valence-electron chi connectivity index (χ2n) is 10.0. The van der Waals surface area contributed by atoms with Crippen molar-refractivity contribution in [1.82, 2.24) is 4.67 Å². The fraction of sp³-hybridized carbons (Fsp3) is 0.143. The van der Waals surface area contributed by atoms with Crippen molar-refractivity contribution >= 4 is 30.0 Å². The van der Waals surface area contributed by atoms with Gasteiger partial charge in [-0.3, -0.25) is 0 Å². The molecule has 0 unspecified atom stereocenters. The van der Waals surface area contributed by atoms with Gasteiger partial charge in [-0.1, -0.05) is 0 Å². The topological polar surface area (TPSA) is 216 Å². The molecule has 15 nitrogen and oxygen atoms in total. The van der Waals surface area contributed by atoms with Crippen molar-refractivity contribution in [2.45, 2.75) is 11.3 Å². The molecule has 0 fully saturated rings. The molecule has 0 heterocycles. The Balaban J connectivity index is 2.33. The second-order valence-corrected chi connectivity index (χ2v) is 14.1. The van der Waals surface area contributed by atoms with Crippen LogP contribution < -0.4 is 0 Å². The SMILES string of the molecule is CN(C)P(O)(O)(C(c1ccccc1[N+](=O)[O-])c1ccccc1[N+](=O)[O-])C(c1ccccc1[N+](=O)[O-])c1ccccc1[N+](=O)[O-]. The summed E-state index contributed by atoms with van der Waals surface area (Å²) < 4.78 is 0.918. The van der Waals surface area contributed by atoms with Crippen LogP contribution in [-0.4, -0.2) is 48.2 Å². The van der Waals surface area contributed by atoms with Crippen LogP contribution in [0.4, 0.5) is 22.7 Å². The van der Waals surface area contributed by atoms with Crippen LogP contribution in [0.25, 0.3) is 0 Å². The number of hydrogen-bond donors (Lipinski definition) is 2. The first kappa shape index (κ1) is 31.7. The predicted molar refractivity (Wildman–Crippen MR) is 161 cm³/mol. The molecular formula is C28H26N5O10P. The van der Waals surface area contributed by atoms with Gasteiger partial charge in [0.25, 0.3) is 0 Å². The van der Waals surface area contributed by atoms with Crippen molar-refractivity contribution in [3.63, 3.8) is 0 Å². The minimum atomic E-state index is -6.28. The zero-order valence-electron chi connectivity index (χ0n) is 23.2. The molecule has 4 aromatic carbocycles. The summed E-state index contributed by atoms with van der Waals surface area (Å²) in [7, 11) is -3.88. The molecule has 0 aromatic heterocycles. The van der Waals surface area contributed by atoms with Gasteiger partial charge in [-0.05, 0) is 0 Å². The Morgan fingerprint density at radius 3 is 0.886 bits per heavy atom. The van der Waals surface area contributed by atoms with Crippen molar-refractivity contribution in [2.24, 2.45) is 0 Å². The van der Waals surface area contributed by atoms with E-state index in [9.17, 15) is 50.2 Å². The number of nitro benzene ring substituents is 4. The summed E-state index contributed by atoms with van der Waals surface area (Å²) in [6.07, 6.45) is 0. The predicted octanol–water partition coefficient (Wildman–Crippen LogP) is 6.04. The number of benzene rings is 4. The molecule has 0 saturated carbocycles. The van der Waals surface area contributed by atoms with E-state index in [0.717, 1.165) is 28.9 Å². The number of para-hydroxylation sites is 4. The average Bonchev–Trinajstić information content (AvgIpc) is 2.98. The third-order valence-electron chi connectivity index (χ3n) is 7.52. The zero-order valence-corrected chi connectivity index (χ0v) is 24.1. The summed E-state index contributed by atoms with van der Waals surface area (Å²) in [4.78, 5) is 72.5. The van der Waals surface area contributed by atoms with E-state index in [1.54, 1.807) is 0 Å². The molecular weight excluding hydrogens is 597 g/mol. The van der Waals surface area contributed by atoms with Gasteiger partial charge in [-0.25, -0.2) is 0 Å². The van der Waals surface area contributed by atoms with Crippen LogP contribution in [-0.2, 0) is 0 Å². The van der Waals surface area contributed by atoms with Crippen LogP contribution in [0.15, 0.2) is 97.1 Å². The molecule has 0 aliphatic carbocycles.